The van der Waals surface area contributed by atoms with E-state index in [1.165, 1.54) is 12.1 Å². The Morgan fingerprint density at radius 1 is 0.975 bits per heavy atom. The highest BCUT2D eigenvalue weighted by atomic mass is 32.2. The normalized spacial score (nSPS) is 17.6. The number of aliphatic carboxylic acids is 1. The Kier molecular flexibility index (Phi) is 10.4. The number of unbranched alkanes of at least 4 members (excludes halogenated alkanes) is 2. The molecule has 0 aromatic heterocycles. The van der Waals surface area contributed by atoms with Gasteiger partial charge in [0.1, 0.15) is 6.54 Å². The molecule has 0 radical (unpaired) electrons. The average molecular weight is 592 g/mol. The molecule has 0 bridgehead atoms. The van der Waals surface area contributed by atoms with E-state index in [1.54, 1.807) is 18.3 Å². The van der Waals surface area contributed by atoms with Crippen LogP contribution in [0.15, 0.2) is 77.9 Å². The summed E-state index contributed by atoms with van der Waals surface area (Å²) in [5.74, 6) is -1.31. The first-order valence-electron chi connectivity index (χ1n) is 12.9. The Balaban J connectivity index is 2.00. The molecule has 0 amide bonds. The van der Waals surface area contributed by atoms with E-state index >= 15 is 0 Å². The second-order valence-electron chi connectivity index (χ2n) is 9.85. The van der Waals surface area contributed by atoms with Crippen molar-refractivity contribution in [2.75, 3.05) is 17.6 Å². The molecule has 0 saturated heterocycles. The molecular formula is C28H35N2O8S2+. The summed E-state index contributed by atoms with van der Waals surface area (Å²) in [7, 11) is -8.66. The van der Waals surface area contributed by atoms with E-state index in [9.17, 15) is 30.7 Å². The SMILES string of the molecule is CC1(CCCCCC(=O)O)C(/C=C/C=C/Nc2ccccc2)=[N+](CCCS(=O)(=O)O)c2ccc(S(=O)(=O)O)cc21. The number of anilines is 1. The maximum absolute atomic E-state index is 12.0. The van der Waals surface area contributed by atoms with Crippen LogP contribution < -0.4 is 5.32 Å². The van der Waals surface area contributed by atoms with Crippen LogP contribution in [0.25, 0.3) is 0 Å². The van der Waals surface area contributed by atoms with Gasteiger partial charge < -0.3 is 10.4 Å². The standard InChI is InChI=1S/C28H34N2O8S2/c1-28(17-8-3-6-14-27(31)32)24-21-23(40(36,37)38)15-16-25(24)30(19-10-20-39(33,34)35)26(28)13-7-9-18-29-22-11-4-2-5-12-22/h2,4-5,7,9,11-13,15-16,18,21H,3,6,8,10,14,17,19-20H2,1H3,(H3,31,32,33,34,35,36,37,38)/p+1. The highest BCUT2D eigenvalue weighted by Crippen LogP contribution is 2.44. The van der Waals surface area contributed by atoms with Gasteiger partial charge in [0.2, 0.25) is 5.69 Å². The van der Waals surface area contributed by atoms with Crippen molar-refractivity contribution in [1.82, 2.24) is 0 Å². The monoisotopic (exact) mass is 591 g/mol. The predicted octanol–water partition coefficient (Wildman–Crippen LogP) is 4.78. The van der Waals surface area contributed by atoms with Crippen LogP contribution in [0.4, 0.5) is 11.4 Å². The highest BCUT2D eigenvalue weighted by Gasteiger charge is 2.47. The zero-order valence-corrected chi connectivity index (χ0v) is 23.9. The number of carboxylic acids is 1. The van der Waals surface area contributed by atoms with Gasteiger partial charge >= 0.3 is 5.97 Å². The van der Waals surface area contributed by atoms with Crippen LogP contribution in [0.3, 0.4) is 0 Å². The lowest BCUT2D eigenvalue weighted by molar-refractivity contribution is -0.437. The third-order valence-corrected chi connectivity index (χ3v) is 8.50. The molecule has 0 saturated carbocycles. The van der Waals surface area contributed by atoms with Gasteiger partial charge in [0.05, 0.1) is 16.1 Å². The molecule has 1 aliphatic heterocycles. The molecule has 40 heavy (non-hydrogen) atoms. The minimum absolute atomic E-state index is 0.0532. The minimum atomic E-state index is -4.48. The second kappa shape index (κ2) is 13.4. The largest absolute Gasteiger partial charge is 0.481 e. The number of hydrogen-bond donors (Lipinski definition) is 4. The Labute approximate surface area is 235 Å². The van der Waals surface area contributed by atoms with Crippen LogP contribution in [0.1, 0.15) is 51.0 Å². The van der Waals surface area contributed by atoms with Crippen molar-refractivity contribution < 1.29 is 40.4 Å². The quantitative estimate of drug-likeness (QED) is 0.0988. The Morgan fingerprint density at radius 3 is 2.35 bits per heavy atom. The van der Waals surface area contributed by atoms with Crippen LogP contribution in [0, 0.1) is 0 Å². The summed E-state index contributed by atoms with van der Waals surface area (Å²) in [6.07, 6.45) is 9.78. The molecule has 12 heteroatoms. The number of nitrogens with zero attached hydrogens (tertiary/aromatic N) is 1. The molecule has 1 unspecified atom stereocenters. The Bertz CT molecular complexity index is 1510. The molecular weight excluding hydrogens is 556 g/mol. The number of benzene rings is 2. The van der Waals surface area contributed by atoms with Crippen molar-refractivity contribution in [3.8, 4) is 0 Å². The Morgan fingerprint density at radius 2 is 1.70 bits per heavy atom. The van der Waals surface area contributed by atoms with Crippen molar-refractivity contribution in [1.29, 1.82) is 0 Å². The maximum Gasteiger partial charge on any atom is 0.303 e. The predicted molar refractivity (Wildman–Crippen MR) is 154 cm³/mol. The second-order valence-corrected chi connectivity index (χ2v) is 12.8. The fourth-order valence-electron chi connectivity index (χ4n) is 4.91. The number of para-hydroxylation sites is 1. The van der Waals surface area contributed by atoms with Gasteiger partial charge in [-0.05, 0) is 50.1 Å². The lowest BCUT2D eigenvalue weighted by atomic mass is 9.75. The van der Waals surface area contributed by atoms with E-state index in [0.29, 0.717) is 36.9 Å². The van der Waals surface area contributed by atoms with Crippen LogP contribution in [0.5, 0.6) is 0 Å². The van der Waals surface area contributed by atoms with Crippen LogP contribution in [0.2, 0.25) is 0 Å². The van der Waals surface area contributed by atoms with E-state index in [4.69, 9.17) is 5.11 Å². The third-order valence-electron chi connectivity index (χ3n) is 6.84. The molecule has 0 spiro atoms. The number of allylic oxidation sites excluding steroid dienone is 3. The molecule has 216 valence electrons. The zero-order chi connectivity index (χ0) is 29.4. The minimum Gasteiger partial charge on any atom is -0.481 e. The molecule has 4 N–H and O–H groups in total. The van der Waals surface area contributed by atoms with Crippen molar-refractivity contribution in [2.45, 2.75) is 55.8 Å². The third kappa shape index (κ3) is 8.59. The first kappa shape index (κ1) is 31.2. The van der Waals surface area contributed by atoms with Gasteiger partial charge in [-0.3, -0.25) is 13.9 Å². The van der Waals surface area contributed by atoms with Crippen molar-refractivity contribution in [2.24, 2.45) is 0 Å². The fraction of sp³-hybridized carbons (Fsp3) is 0.357. The van der Waals surface area contributed by atoms with E-state index < -0.39 is 37.4 Å². The lowest BCUT2D eigenvalue weighted by Gasteiger charge is -2.22. The van der Waals surface area contributed by atoms with Crippen LogP contribution >= 0.6 is 0 Å². The summed E-state index contributed by atoms with van der Waals surface area (Å²) in [6.45, 7) is 2.18. The number of hydrogen-bond acceptors (Lipinski definition) is 6. The van der Waals surface area contributed by atoms with Gasteiger partial charge in [-0.2, -0.15) is 21.4 Å². The first-order valence-corrected chi connectivity index (χ1v) is 15.9. The molecule has 2 aromatic carbocycles. The van der Waals surface area contributed by atoms with E-state index in [0.717, 1.165) is 11.4 Å². The topological polar surface area (TPSA) is 161 Å². The summed E-state index contributed by atoms with van der Waals surface area (Å²) >= 11 is 0. The fourth-order valence-corrected chi connectivity index (χ4v) is 5.91. The van der Waals surface area contributed by atoms with Gasteiger partial charge in [0, 0.05) is 42.4 Å². The first-order chi connectivity index (χ1) is 18.8. The van der Waals surface area contributed by atoms with Crippen LogP contribution in [-0.4, -0.2) is 59.6 Å². The molecule has 1 atom stereocenters. The average Bonchev–Trinajstić information content (AvgIpc) is 3.10. The van der Waals surface area contributed by atoms with E-state index in [2.05, 4.69) is 5.32 Å². The van der Waals surface area contributed by atoms with Gasteiger partial charge in [0.25, 0.3) is 20.2 Å². The van der Waals surface area contributed by atoms with Gasteiger partial charge in [-0.25, -0.2) is 0 Å². The smallest absolute Gasteiger partial charge is 0.303 e. The molecule has 2 aromatic rings. The summed E-state index contributed by atoms with van der Waals surface area (Å²) < 4.78 is 67.6. The molecule has 1 heterocycles. The molecule has 0 aliphatic carbocycles. The number of carbonyl (C=O) groups is 1. The van der Waals surface area contributed by atoms with Gasteiger partial charge in [-0.1, -0.05) is 37.1 Å². The molecule has 0 fully saturated rings. The maximum atomic E-state index is 12.0. The number of nitrogens with one attached hydrogen (secondary N) is 1. The number of fused-ring (bicyclic) bond motifs is 1. The summed E-state index contributed by atoms with van der Waals surface area (Å²) in [4.78, 5) is 10.7. The highest BCUT2D eigenvalue weighted by molar-refractivity contribution is 7.86. The zero-order valence-electron chi connectivity index (χ0n) is 22.2. The lowest BCUT2D eigenvalue weighted by Crippen LogP contribution is -2.31. The van der Waals surface area contributed by atoms with Crippen LogP contribution in [-0.2, 0) is 30.4 Å². The number of rotatable bonds is 15. The number of carboxylic acid groups (broad SMARTS) is 1. The molecule has 3 rings (SSSR count). The van der Waals surface area contributed by atoms with Crippen molar-refractivity contribution >= 4 is 43.3 Å². The summed E-state index contributed by atoms with van der Waals surface area (Å²) in [6, 6.07) is 13.9. The van der Waals surface area contributed by atoms with E-state index in [1.807, 2.05) is 54.0 Å². The summed E-state index contributed by atoms with van der Waals surface area (Å²) in [5, 5.41) is 12.1. The molecule has 1 aliphatic rings. The Hall–Kier alpha value is -3.32. The van der Waals surface area contributed by atoms with Crippen molar-refractivity contribution in [3.63, 3.8) is 0 Å². The van der Waals surface area contributed by atoms with E-state index in [-0.39, 0.29) is 24.3 Å². The van der Waals surface area contributed by atoms with Gasteiger partial charge in [-0.15, -0.1) is 0 Å². The van der Waals surface area contributed by atoms with Gasteiger partial charge in [0.15, 0.2) is 5.71 Å². The van der Waals surface area contributed by atoms with Crippen molar-refractivity contribution in [3.05, 3.63) is 78.5 Å². The summed E-state index contributed by atoms with van der Waals surface area (Å²) in [5.41, 5.74) is 2.28. The molecule has 10 nitrogen and oxygen atoms in total.